The number of halogens is 3. The lowest BCUT2D eigenvalue weighted by molar-refractivity contribution is -0.111. The molecule has 0 radical (unpaired) electrons. The first kappa shape index (κ1) is 22.8. The van der Waals surface area contributed by atoms with E-state index in [1.807, 2.05) is 18.2 Å². The van der Waals surface area contributed by atoms with Crippen LogP contribution in [0.1, 0.15) is 25.5 Å². The third kappa shape index (κ3) is 5.32. The summed E-state index contributed by atoms with van der Waals surface area (Å²) in [5.74, 6) is 1.58. The maximum Gasteiger partial charge on any atom is 0.248 e. The Hall–Kier alpha value is -2.40. The van der Waals surface area contributed by atoms with Crippen LogP contribution in [0.4, 0.5) is 11.4 Å². The van der Waals surface area contributed by atoms with Crippen molar-refractivity contribution in [1.82, 2.24) is 0 Å². The molecular formula is C25H23Cl3N2O2. The van der Waals surface area contributed by atoms with Crippen molar-refractivity contribution in [3.63, 3.8) is 0 Å². The van der Waals surface area contributed by atoms with Gasteiger partial charge in [0.2, 0.25) is 5.91 Å². The van der Waals surface area contributed by atoms with Gasteiger partial charge in [0.25, 0.3) is 0 Å². The molecule has 0 saturated carbocycles. The number of nitrogens with one attached hydrogen (secondary N) is 1. The summed E-state index contributed by atoms with van der Waals surface area (Å²) < 4.78 is 5.78. The highest BCUT2D eigenvalue weighted by Crippen LogP contribution is 2.35. The number of hydrogen-bond acceptors (Lipinski definition) is 3. The van der Waals surface area contributed by atoms with Crippen molar-refractivity contribution in [2.24, 2.45) is 5.92 Å². The number of furan rings is 1. The summed E-state index contributed by atoms with van der Waals surface area (Å²) in [5.41, 5.74) is 2.35. The van der Waals surface area contributed by atoms with E-state index in [1.165, 1.54) is 6.08 Å². The molecule has 0 atom stereocenters. The fourth-order valence-electron chi connectivity index (χ4n) is 3.71. The summed E-state index contributed by atoms with van der Waals surface area (Å²) in [5, 5.41) is 4.35. The number of nitrogens with zero attached hydrogens (tertiary/aromatic N) is 1. The zero-order chi connectivity index (χ0) is 22.7. The third-order valence-electron chi connectivity index (χ3n) is 5.58. The Labute approximate surface area is 202 Å². The predicted octanol–water partition coefficient (Wildman–Crippen LogP) is 7.80. The van der Waals surface area contributed by atoms with Crippen LogP contribution in [0.15, 0.2) is 59.0 Å². The Balaban J connectivity index is 1.39. The van der Waals surface area contributed by atoms with E-state index in [-0.39, 0.29) is 5.91 Å². The van der Waals surface area contributed by atoms with Crippen LogP contribution in [-0.4, -0.2) is 19.0 Å². The molecule has 0 bridgehead atoms. The summed E-state index contributed by atoms with van der Waals surface area (Å²) in [6.45, 7) is 4.28. The Kier molecular flexibility index (Phi) is 7.14. The summed E-state index contributed by atoms with van der Waals surface area (Å²) in [6, 6.07) is 14.5. The zero-order valence-electron chi connectivity index (χ0n) is 17.6. The lowest BCUT2D eigenvalue weighted by Crippen LogP contribution is -2.32. The van der Waals surface area contributed by atoms with E-state index in [2.05, 4.69) is 17.1 Å². The number of carbonyl (C=O) groups is 1. The predicted molar refractivity (Wildman–Crippen MR) is 134 cm³/mol. The third-order valence-corrected chi connectivity index (χ3v) is 6.70. The van der Waals surface area contributed by atoms with Crippen molar-refractivity contribution in [2.75, 3.05) is 23.3 Å². The fourth-order valence-corrected chi connectivity index (χ4v) is 4.41. The molecule has 0 unspecified atom stereocenters. The Morgan fingerprint density at radius 1 is 1.06 bits per heavy atom. The molecule has 1 fully saturated rings. The molecule has 3 aromatic rings. The first-order valence-corrected chi connectivity index (χ1v) is 11.6. The molecule has 7 heteroatoms. The van der Waals surface area contributed by atoms with E-state index in [0.29, 0.717) is 37.8 Å². The first-order valence-electron chi connectivity index (χ1n) is 10.5. The smallest absolute Gasteiger partial charge is 0.248 e. The standard InChI is InChI=1S/C25H23Cl3N2O2/c1-16-11-13-30(14-12-16)22-8-5-17(15-21(22)27)29-24(31)10-7-18-6-9-23(32-18)19-3-2-4-20(26)25(19)28/h2-10,15-16H,11-14H2,1H3,(H,29,31)/b10-7+. The number of amides is 1. The molecule has 1 aliphatic rings. The number of anilines is 2. The zero-order valence-corrected chi connectivity index (χ0v) is 19.8. The lowest BCUT2D eigenvalue weighted by Gasteiger charge is -2.32. The minimum Gasteiger partial charge on any atom is -0.457 e. The van der Waals surface area contributed by atoms with Crippen molar-refractivity contribution in [3.05, 3.63) is 75.4 Å². The molecule has 1 N–H and O–H groups in total. The van der Waals surface area contributed by atoms with Gasteiger partial charge in [-0.3, -0.25) is 4.79 Å². The SMILES string of the molecule is CC1CCN(c2ccc(NC(=O)/C=C/c3ccc(-c4cccc(Cl)c4Cl)o3)cc2Cl)CC1. The van der Waals surface area contributed by atoms with Crippen LogP contribution >= 0.6 is 34.8 Å². The average Bonchev–Trinajstić information content (AvgIpc) is 3.24. The van der Waals surface area contributed by atoms with Gasteiger partial charge in [0.05, 0.1) is 20.8 Å². The highest BCUT2D eigenvalue weighted by molar-refractivity contribution is 6.43. The maximum atomic E-state index is 12.4. The van der Waals surface area contributed by atoms with Gasteiger partial charge in [0.15, 0.2) is 0 Å². The molecule has 1 saturated heterocycles. The van der Waals surface area contributed by atoms with Gasteiger partial charge < -0.3 is 14.6 Å². The lowest BCUT2D eigenvalue weighted by atomic mass is 9.99. The second-order valence-electron chi connectivity index (χ2n) is 7.96. The number of piperidine rings is 1. The Morgan fingerprint density at radius 3 is 2.59 bits per heavy atom. The van der Waals surface area contributed by atoms with Crippen molar-refractivity contribution < 1.29 is 9.21 Å². The highest BCUT2D eigenvalue weighted by atomic mass is 35.5. The molecule has 4 nitrogen and oxygen atoms in total. The molecule has 0 aliphatic carbocycles. The van der Waals surface area contributed by atoms with E-state index >= 15 is 0 Å². The fraction of sp³-hybridized carbons (Fsp3) is 0.240. The largest absolute Gasteiger partial charge is 0.457 e. The molecule has 166 valence electrons. The first-order chi connectivity index (χ1) is 15.4. The van der Waals surface area contributed by atoms with Crippen LogP contribution in [0.25, 0.3) is 17.4 Å². The van der Waals surface area contributed by atoms with Gasteiger partial charge in [-0.05, 0) is 67.3 Å². The van der Waals surface area contributed by atoms with Crippen molar-refractivity contribution in [1.29, 1.82) is 0 Å². The Bertz CT molecular complexity index is 1150. The number of rotatable bonds is 5. The van der Waals surface area contributed by atoms with Crippen molar-refractivity contribution in [2.45, 2.75) is 19.8 Å². The second kappa shape index (κ2) is 10.0. The minimum atomic E-state index is -0.278. The van der Waals surface area contributed by atoms with Gasteiger partial charge in [-0.1, -0.05) is 47.8 Å². The number of benzene rings is 2. The van der Waals surface area contributed by atoms with Crippen LogP contribution in [0.3, 0.4) is 0 Å². The summed E-state index contributed by atoms with van der Waals surface area (Å²) in [4.78, 5) is 14.7. The summed E-state index contributed by atoms with van der Waals surface area (Å²) >= 11 is 18.8. The summed E-state index contributed by atoms with van der Waals surface area (Å²) in [7, 11) is 0. The van der Waals surface area contributed by atoms with Crippen LogP contribution in [-0.2, 0) is 4.79 Å². The molecule has 4 rings (SSSR count). The molecule has 1 aromatic heterocycles. The van der Waals surface area contributed by atoms with E-state index in [0.717, 1.165) is 37.5 Å². The molecule has 1 aliphatic heterocycles. The van der Waals surface area contributed by atoms with Crippen LogP contribution < -0.4 is 10.2 Å². The van der Waals surface area contributed by atoms with Crippen LogP contribution in [0, 0.1) is 5.92 Å². The van der Waals surface area contributed by atoms with Gasteiger partial charge in [-0.25, -0.2) is 0 Å². The second-order valence-corrected chi connectivity index (χ2v) is 9.15. The topological polar surface area (TPSA) is 45.5 Å². The maximum absolute atomic E-state index is 12.4. The van der Waals surface area contributed by atoms with Crippen LogP contribution in [0.5, 0.6) is 0 Å². The number of carbonyl (C=O) groups excluding carboxylic acids is 1. The van der Waals surface area contributed by atoms with Gasteiger partial charge in [-0.15, -0.1) is 0 Å². The molecule has 0 spiro atoms. The van der Waals surface area contributed by atoms with Crippen LogP contribution in [0.2, 0.25) is 15.1 Å². The van der Waals surface area contributed by atoms with E-state index in [1.54, 1.807) is 36.4 Å². The van der Waals surface area contributed by atoms with Crippen molar-refractivity contribution >= 4 is 58.2 Å². The quantitative estimate of drug-likeness (QED) is 0.372. The van der Waals surface area contributed by atoms with E-state index < -0.39 is 0 Å². The molecule has 2 aromatic carbocycles. The van der Waals surface area contributed by atoms with Crippen molar-refractivity contribution in [3.8, 4) is 11.3 Å². The average molecular weight is 490 g/mol. The minimum absolute atomic E-state index is 0.278. The molecule has 1 amide bonds. The van der Waals surface area contributed by atoms with Gasteiger partial charge in [0, 0.05) is 30.4 Å². The van der Waals surface area contributed by atoms with Gasteiger partial charge >= 0.3 is 0 Å². The van der Waals surface area contributed by atoms with Gasteiger partial charge in [0.1, 0.15) is 11.5 Å². The number of hydrogen-bond donors (Lipinski definition) is 1. The molecular weight excluding hydrogens is 467 g/mol. The molecule has 32 heavy (non-hydrogen) atoms. The van der Waals surface area contributed by atoms with E-state index in [4.69, 9.17) is 39.2 Å². The van der Waals surface area contributed by atoms with E-state index in [9.17, 15) is 4.79 Å². The van der Waals surface area contributed by atoms with Gasteiger partial charge in [-0.2, -0.15) is 0 Å². The normalized spacial score (nSPS) is 14.8. The Morgan fingerprint density at radius 2 is 1.84 bits per heavy atom. The molecule has 2 heterocycles. The highest BCUT2D eigenvalue weighted by Gasteiger charge is 2.18. The summed E-state index contributed by atoms with van der Waals surface area (Å²) in [6.07, 6.45) is 5.34. The monoisotopic (exact) mass is 488 g/mol.